The highest BCUT2D eigenvalue weighted by Crippen LogP contribution is 2.63. The van der Waals surface area contributed by atoms with E-state index in [1.165, 1.54) is 44.9 Å². The van der Waals surface area contributed by atoms with E-state index >= 15 is 0 Å². The molecule has 1 saturated carbocycles. The Morgan fingerprint density at radius 2 is 1.75 bits per heavy atom. The maximum Gasteiger partial charge on any atom is -0.000970 e. The fraction of sp³-hybridized carbons (Fsp3) is 0.714. The van der Waals surface area contributed by atoms with Crippen LogP contribution in [0.1, 0.15) is 86.5 Å². The number of rotatable bonds is 4. The highest BCUT2D eigenvalue weighted by molar-refractivity contribution is 5.48. The van der Waals surface area contributed by atoms with E-state index in [0.29, 0.717) is 22.7 Å². The van der Waals surface area contributed by atoms with Crippen LogP contribution in [0.2, 0.25) is 0 Å². The minimum atomic E-state index is 0.410. The Balaban J connectivity index is 1.64. The molecule has 0 aromatic heterocycles. The van der Waals surface area contributed by atoms with Gasteiger partial charge in [-0.15, -0.1) is 0 Å². The lowest BCUT2D eigenvalue weighted by atomic mass is 9.53. The molecule has 6 atom stereocenters. The van der Waals surface area contributed by atoms with Gasteiger partial charge in [-0.05, 0) is 96.5 Å². The fourth-order valence-corrected chi connectivity index (χ4v) is 7.09. The van der Waals surface area contributed by atoms with Crippen LogP contribution in [-0.4, -0.2) is 0 Å². The van der Waals surface area contributed by atoms with Crippen molar-refractivity contribution in [1.29, 1.82) is 0 Å². The zero-order chi connectivity index (χ0) is 20.1. The first kappa shape index (κ1) is 20.2. The van der Waals surface area contributed by atoms with Crippen LogP contribution >= 0.6 is 0 Å². The van der Waals surface area contributed by atoms with Gasteiger partial charge in [0.15, 0.2) is 0 Å². The van der Waals surface area contributed by atoms with Crippen LogP contribution in [0, 0.1) is 40.4 Å². The van der Waals surface area contributed by atoms with Gasteiger partial charge in [0.1, 0.15) is 0 Å². The molecule has 0 saturated heterocycles. The number of hydrogen-bond donors (Lipinski definition) is 0. The van der Waals surface area contributed by atoms with Crippen molar-refractivity contribution in [3.05, 3.63) is 47.1 Å². The molecule has 0 spiro atoms. The molecule has 0 radical (unpaired) electrons. The van der Waals surface area contributed by atoms with Crippen LogP contribution < -0.4 is 0 Å². The van der Waals surface area contributed by atoms with Gasteiger partial charge < -0.3 is 0 Å². The maximum absolute atomic E-state index is 2.61. The van der Waals surface area contributed by atoms with Crippen molar-refractivity contribution in [3.63, 3.8) is 0 Å². The first-order valence-corrected chi connectivity index (χ1v) is 12.1. The van der Waals surface area contributed by atoms with Gasteiger partial charge in [0.25, 0.3) is 0 Å². The maximum atomic E-state index is 2.61. The second-order valence-corrected chi connectivity index (χ2v) is 11.2. The van der Waals surface area contributed by atoms with E-state index in [1.54, 1.807) is 11.1 Å². The lowest BCUT2D eigenvalue weighted by Gasteiger charge is -2.51. The smallest absolute Gasteiger partial charge is 0.000970 e. The standard InChI is InChI=1S/C28H42/c1-19(2)20(3)10-11-21(4)24-14-15-25-23-13-12-22-9-7-8-17-27(22,5)26(23)16-18-28(24,25)6/h9-13,19-21,24,26H,7-8,14-18H2,1-6H3. The highest BCUT2D eigenvalue weighted by atomic mass is 14.6. The average molecular weight is 379 g/mol. The molecule has 154 valence electrons. The number of hydrogen-bond acceptors (Lipinski definition) is 0. The zero-order valence-electron chi connectivity index (χ0n) is 19.2. The first-order valence-electron chi connectivity index (χ1n) is 12.1. The van der Waals surface area contributed by atoms with E-state index in [0.717, 1.165) is 17.8 Å². The third-order valence-electron chi connectivity index (χ3n) is 9.43. The Hall–Kier alpha value is -1.04. The Morgan fingerprint density at radius 3 is 2.50 bits per heavy atom. The van der Waals surface area contributed by atoms with Gasteiger partial charge in [0.2, 0.25) is 0 Å². The monoisotopic (exact) mass is 378 g/mol. The van der Waals surface area contributed by atoms with Crippen molar-refractivity contribution >= 4 is 0 Å². The van der Waals surface area contributed by atoms with Gasteiger partial charge in [-0.3, -0.25) is 0 Å². The summed E-state index contributed by atoms with van der Waals surface area (Å²) in [5, 5.41) is 0. The topological polar surface area (TPSA) is 0 Å². The van der Waals surface area contributed by atoms with Crippen LogP contribution in [0.3, 0.4) is 0 Å². The van der Waals surface area contributed by atoms with Gasteiger partial charge in [0.05, 0.1) is 0 Å². The Kier molecular flexibility index (Phi) is 5.30. The molecular weight excluding hydrogens is 336 g/mol. The molecule has 4 aliphatic rings. The van der Waals surface area contributed by atoms with E-state index in [2.05, 4.69) is 71.9 Å². The molecule has 0 heteroatoms. The van der Waals surface area contributed by atoms with E-state index in [4.69, 9.17) is 0 Å². The van der Waals surface area contributed by atoms with Gasteiger partial charge in [0, 0.05) is 0 Å². The molecule has 4 aliphatic carbocycles. The van der Waals surface area contributed by atoms with Crippen LogP contribution in [0.5, 0.6) is 0 Å². The molecule has 0 bridgehead atoms. The van der Waals surface area contributed by atoms with Crippen LogP contribution in [0.25, 0.3) is 0 Å². The lowest BCUT2D eigenvalue weighted by molar-refractivity contribution is 0.141. The van der Waals surface area contributed by atoms with Crippen LogP contribution in [0.4, 0.5) is 0 Å². The van der Waals surface area contributed by atoms with Gasteiger partial charge in [-0.2, -0.15) is 0 Å². The van der Waals surface area contributed by atoms with Crippen molar-refractivity contribution in [2.75, 3.05) is 0 Å². The largest absolute Gasteiger partial charge is 0.0852 e. The molecule has 0 nitrogen and oxygen atoms in total. The van der Waals surface area contributed by atoms with Gasteiger partial charge in [-0.1, -0.05) is 77.5 Å². The second-order valence-electron chi connectivity index (χ2n) is 11.2. The quantitative estimate of drug-likeness (QED) is 0.432. The summed E-state index contributed by atoms with van der Waals surface area (Å²) in [6.45, 7) is 14.7. The molecule has 0 aromatic carbocycles. The van der Waals surface area contributed by atoms with E-state index in [1.807, 2.05) is 5.57 Å². The summed E-state index contributed by atoms with van der Waals surface area (Å²) in [6.07, 6.45) is 22.2. The van der Waals surface area contributed by atoms with Gasteiger partial charge in [-0.25, -0.2) is 0 Å². The Bertz CT molecular complexity index is 729. The van der Waals surface area contributed by atoms with E-state index in [-0.39, 0.29) is 0 Å². The second kappa shape index (κ2) is 7.33. The van der Waals surface area contributed by atoms with Crippen LogP contribution in [-0.2, 0) is 0 Å². The van der Waals surface area contributed by atoms with Crippen LogP contribution in [0.15, 0.2) is 47.1 Å². The lowest BCUT2D eigenvalue weighted by Crippen LogP contribution is -2.40. The minimum absolute atomic E-state index is 0.410. The molecular formula is C28H42. The molecule has 6 unspecified atom stereocenters. The first-order chi connectivity index (χ1) is 13.3. The van der Waals surface area contributed by atoms with Crippen molar-refractivity contribution in [2.45, 2.75) is 86.5 Å². The number of fused-ring (bicyclic) bond motifs is 4. The van der Waals surface area contributed by atoms with E-state index in [9.17, 15) is 0 Å². The zero-order valence-corrected chi connectivity index (χ0v) is 19.2. The molecule has 0 heterocycles. The summed E-state index contributed by atoms with van der Waals surface area (Å²) < 4.78 is 0. The molecule has 0 aromatic rings. The molecule has 0 aliphatic heterocycles. The van der Waals surface area contributed by atoms with Gasteiger partial charge >= 0.3 is 0 Å². The SMILES string of the molecule is CC(C)C(C)C=CC(C)C1CCC2=C3C=CC4=CCCCC4(C)C3CCC21C. The third kappa shape index (κ3) is 3.10. The molecule has 1 fully saturated rings. The summed E-state index contributed by atoms with van der Waals surface area (Å²) in [5.41, 5.74) is 6.07. The predicted molar refractivity (Wildman–Crippen MR) is 122 cm³/mol. The third-order valence-corrected chi connectivity index (χ3v) is 9.43. The Labute approximate surface area is 174 Å². The highest BCUT2D eigenvalue weighted by Gasteiger charge is 2.52. The minimum Gasteiger partial charge on any atom is -0.0852 e. The van der Waals surface area contributed by atoms with Crippen molar-refractivity contribution in [3.8, 4) is 0 Å². The summed E-state index contributed by atoms with van der Waals surface area (Å²) in [5.74, 6) is 3.70. The fourth-order valence-electron chi connectivity index (χ4n) is 7.09. The molecule has 4 rings (SSSR count). The average Bonchev–Trinajstić information content (AvgIpc) is 3.02. The molecule has 0 amide bonds. The van der Waals surface area contributed by atoms with Crippen molar-refractivity contribution in [2.24, 2.45) is 40.4 Å². The summed E-state index contributed by atoms with van der Waals surface area (Å²) in [7, 11) is 0. The summed E-state index contributed by atoms with van der Waals surface area (Å²) in [4.78, 5) is 0. The van der Waals surface area contributed by atoms with Crippen molar-refractivity contribution < 1.29 is 0 Å². The normalized spacial score (nSPS) is 39.6. The van der Waals surface area contributed by atoms with E-state index < -0.39 is 0 Å². The Morgan fingerprint density at radius 1 is 0.964 bits per heavy atom. The molecule has 0 N–H and O–H groups in total. The predicted octanol–water partition coefficient (Wildman–Crippen LogP) is 8.28. The van der Waals surface area contributed by atoms with Crippen molar-refractivity contribution in [1.82, 2.24) is 0 Å². The summed E-state index contributed by atoms with van der Waals surface area (Å²) in [6, 6.07) is 0. The number of allylic oxidation sites excluding steroid dienone is 8. The molecule has 28 heavy (non-hydrogen) atoms. The summed E-state index contributed by atoms with van der Waals surface area (Å²) >= 11 is 0.